The molecule has 0 amide bonds. The molecule has 0 aliphatic carbocycles. The maximum Gasteiger partial charge on any atom is 0.132 e. The Morgan fingerprint density at radius 3 is 2.33 bits per heavy atom. The third kappa shape index (κ3) is 2.14. The Labute approximate surface area is 97.3 Å². The van der Waals surface area contributed by atoms with Crippen LogP contribution < -0.4 is 0 Å². The first-order valence-corrected chi connectivity index (χ1v) is 5.14. The fraction of sp³-hybridized carbons (Fsp3) is 0. The van der Waals surface area contributed by atoms with E-state index in [9.17, 15) is 4.39 Å². The highest BCUT2D eigenvalue weighted by Gasteiger charge is 2.09. The highest BCUT2D eigenvalue weighted by molar-refractivity contribution is 6.33. The van der Waals surface area contributed by atoms with Gasteiger partial charge in [-0.25, -0.2) is 4.39 Å². The van der Waals surface area contributed by atoms with Crippen molar-refractivity contribution in [2.45, 2.75) is 0 Å². The van der Waals surface area contributed by atoms with Crippen LogP contribution in [0.3, 0.4) is 0 Å². The van der Waals surface area contributed by atoms with E-state index in [2.05, 4.69) is 0 Å². The molecule has 0 aromatic heterocycles. The van der Waals surface area contributed by atoms with E-state index in [4.69, 9.17) is 23.2 Å². The molecule has 0 nitrogen and oxygen atoms in total. The Morgan fingerprint density at radius 2 is 1.67 bits per heavy atom. The lowest BCUT2D eigenvalue weighted by atomic mass is 10.1. The summed E-state index contributed by atoms with van der Waals surface area (Å²) < 4.78 is 13.5. The average molecular weight is 241 g/mol. The van der Waals surface area contributed by atoms with Crippen LogP contribution in [0.1, 0.15) is 0 Å². The van der Waals surface area contributed by atoms with Gasteiger partial charge in [-0.1, -0.05) is 41.4 Å². The van der Waals surface area contributed by atoms with Crippen molar-refractivity contribution in [3.8, 4) is 11.1 Å². The van der Waals surface area contributed by atoms with Gasteiger partial charge in [0, 0.05) is 10.6 Å². The maximum absolute atomic E-state index is 13.5. The van der Waals surface area contributed by atoms with E-state index in [0.717, 1.165) is 0 Å². The summed E-state index contributed by atoms with van der Waals surface area (Å²) in [5, 5.41) is 0.948. The molecule has 0 bridgehead atoms. The van der Waals surface area contributed by atoms with Gasteiger partial charge in [-0.05, 0) is 29.8 Å². The fourth-order valence-electron chi connectivity index (χ4n) is 1.42. The zero-order chi connectivity index (χ0) is 10.8. The van der Waals surface area contributed by atoms with E-state index in [0.29, 0.717) is 21.2 Å². The van der Waals surface area contributed by atoms with Crippen molar-refractivity contribution >= 4 is 23.2 Å². The molecule has 0 spiro atoms. The summed E-state index contributed by atoms with van der Waals surface area (Å²) in [4.78, 5) is 0. The van der Waals surface area contributed by atoms with Crippen molar-refractivity contribution in [2.24, 2.45) is 0 Å². The number of rotatable bonds is 1. The van der Waals surface area contributed by atoms with Crippen molar-refractivity contribution in [3.05, 3.63) is 58.3 Å². The molecule has 76 valence electrons. The normalized spacial score (nSPS) is 10.3. The Morgan fingerprint density at radius 1 is 0.933 bits per heavy atom. The Kier molecular flexibility index (Phi) is 2.94. The van der Waals surface area contributed by atoms with Gasteiger partial charge in [0.15, 0.2) is 0 Å². The van der Waals surface area contributed by atoms with Gasteiger partial charge in [0.1, 0.15) is 5.82 Å². The number of halogens is 3. The van der Waals surface area contributed by atoms with Gasteiger partial charge in [0.2, 0.25) is 0 Å². The van der Waals surface area contributed by atoms with Crippen molar-refractivity contribution in [2.75, 3.05) is 0 Å². The molecule has 0 saturated heterocycles. The van der Waals surface area contributed by atoms with Crippen molar-refractivity contribution in [3.63, 3.8) is 0 Å². The minimum atomic E-state index is -0.343. The number of hydrogen-bond donors (Lipinski definition) is 0. The Bertz CT molecular complexity index is 474. The van der Waals surface area contributed by atoms with E-state index < -0.39 is 0 Å². The summed E-state index contributed by atoms with van der Waals surface area (Å²) in [6.07, 6.45) is 0. The molecule has 3 heteroatoms. The first-order valence-electron chi connectivity index (χ1n) is 4.38. The number of benzene rings is 2. The van der Waals surface area contributed by atoms with Crippen LogP contribution in [-0.4, -0.2) is 0 Å². The molecular formula is C12H7Cl2F. The molecule has 0 heterocycles. The minimum absolute atomic E-state index is 0.343. The van der Waals surface area contributed by atoms with E-state index in [-0.39, 0.29) is 5.82 Å². The molecule has 0 aliphatic rings. The van der Waals surface area contributed by atoms with Crippen LogP contribution in [0, 0.1) is 5.82 Å². The summed E-state index contributed by atoms with van der Waals surface area (Å²) in [5.41, 5.74) is 1.08. The molecule has 2 aromatic carbocycles. The lowest BCUT2D eigenvalue weighted by Crippen LogP contribution is -1.85. The van der Waals surface area contributed by atoms with Crippen LogP contribution in [-0.2, 0) is 0 Å². The quantitative estimate of drug-likeness (QED) is 0.672. The zero-order valence-electron chi connectivity index (χ0n) is 7.68. The lowest BCUT2D eigenvalue weighted by molar-refractivity contribution is 0.631. The smallest absolute Gasteiger partial charge is 0.132 e. The highest BCUT2D eigenvalue weighted by atomic mass is 35.5. The monoisotopic (exact) mass is 240 g/mol. The average Bonchev–Trinajstić information content (AvgIpc) is 2.17. The predicted octanol–water partition coefficient (Wildman–Crippen LogP) is 4.80. The third-order valence-electron chi connectivity index (χ3n) is 2.08. The first kappa shape index (κ1) is 10.5. The van der Waals surface area contributed by atoms with Gasteiger partial charge in [-0.2, -0.15) is 0 Å². The first-order chi connectivity index (χ1) is 7.18. The molecule has 2 aromatic rings. The van der Waals surface area contributed by atoms with Crippen molar-refractivity contribution in [1.82, 2.24) is 0 Å². The summed E-state index contributed by atoms with van der Waals surface area (Å²) >= 11 is 11.8. The Hall–Kier alpha value is -1.05. The zero-order valence-corrected chi connectivity index (χ0v) is 9.19. The largest absolute Gasteiger partial charge is 0.206 e. The van der Waals surface area contributed by atoms with Gasteiger partial charge < -0.3 is 0 Å². The van der Waals surface area contributed by atoms with Crippen LogP contribution in [0.2, 0.25) is 10.0 Å². The standard InChI is InChI=1S/C12H7Cl2F/c13-9-4-1-3-8(7-9)12-10(14)5-2-6-11(12)15/h1-7H. The van der Waals surface area contributed by atoms with Crippen LogP contribution in [0.15, 0.2) is 42.5 Å². The molecule has 0 saturated carbocycles. The number of hydrogen-bond acceptors (Lipinski definition) is 0. The topological polar surface area (TPSA) is 0 Å². The molecule has 0 N–H and O–H groups in total. The second-order valence-electron chi connectivity index (χ2n) is 3.11. The van der Waals surface area contributed by atoms with Gasteiger partial charge in [0.05, 0.1) is 5.02 Å². The fourth-order valence-corrected chi connectivity index (χ4v) is 1.88. The summed E-state index contributed by atoms with van der Waals surface area (Å²) in [6.45, 7) is 0. The third-order valence-corrected chi connectivity index (χ3v) is 2.63. The molecule has 0 unspecified atom stereocenters. The maximum atomic E-state index is 13.5. The highest BCUT2D eigenvalue weighted by Crippen LogP contribution is 2.31. The van der Waals surface area contributed by atoms with Crippen LogP contribution >= 0.6 is 23.2 Å². The van der Waals surface area contributed by atoms with Crippen LogP contribution in [0.5, 0.6) is 0 Å². The van der Waals surface area contributed by atoms with E-state index in [1.54, 1.807) is 36.4 Å². The molecule has 0 radical (unpaired) electrons. The SMILES string of the molecule is Fc1cccc(Cl)c1-c1cccc(Cl)c1. The van der Waals surface area contributed by atoms with Gasteiger partial charge in [-0.3, -0.25) is 0 Å². The lowest BCUT2D eigenvalue weighted by Gasteiger charge is -2.05. The Balaban J connectivity index is 2.63. The van der Waals surface area contributed by atoms with Crippen molar-refractivity contribution in [1.29, 1.82) is 0 Å². The summed E-state index contributed by atoms with van der Waals surface area (Å²) in [5.74, 6) is -0.343. The second kappa shape index (κ2) is 4.21. The van der Waals surface area contributed by atoms with E-state index >= 15 is 0 Å². The predicted molar refractivity (Wildman–Crippen MR) is 61.9 cm³/mol. The molecule has 0 aliphatic heterocycles. The van der Waals surface area contributed by atoms with Crippen LogP contribution in [0.4, 0.5) is 4.39 Å². The summed E-state index contributed by atoms with van der Waals surface area (Å²) in [6, 6.07) is 11.6. The molecule has 0 atom stereocenters. The van der Waals surface area contributed by atoms with Gasteiger partial charge >= 0.3 is 0 Å². The second-order valence-corrected chi connectivity index (χ2v) is 3.95. The van der Waals surface area contributed by atoms with Gasteiger partial charge in [-0.15, -0.1) is 0 Å². The molecule has 0 fully saturated rings. The summed E-state index contributed by atoms with van der Waals surface area (Å²) in [7, 11) is 0. The van der Waals surface area contributed by atoms with Gasteiger partial charge in [0.25, 0.3) is 0 Å². The minimum Gasteiger partial charge on any atom is -0.206 e. The molecule has 15 heavy (non-hydrogen) atoms. The molecule has 2 rings (SSSR count). The van der Waals surface area contributed by atoms with E-state index in [1.807, 2.05) is 0 Å². The van der Waals surface area contributed by atoms with Crippen LogP contribution in [0.25, 0.3) is 11.1 Å². The van der Waals surface area contributed by atoms with E-state index in [1.165, 1.54) is 6.07 Å². The van der Waals surface area contributed by atoms with Crippen molar-refractivity contribution < 1.29 is 4.39 Å². The molecular weight excluding hydrogens is 234 g/mol.